The van der Waals surface area contributed by atoms with Gasteiger partial charge in [0.05, 0.1) is 6.20 Å². The topological polar surface area (TPSA) is 38.1 Å². The molecule has 0 spiro atoms. The van der Waals surface area contributed by atoms with E-state index < -0.39 is 0 Å². The van der Waals surface area contributed by atoms with Gasteiger partial charge in [-0.1, -0.05) is 18.2 Å². The quantitative estimate of drug-likeness (QED) is 0.858. The van der Waals surface area contributed by atoms with Gasteiger partial charge in [-0.15, -0.1) is 0 Å². The van der Waals surface area contributed by atoms with Crippen molar-refractivity contribution in [2.75, 3.05) is 6.54 Å². The second kappa shape index (κ2) is 4.00. The van der Waals surface area contributed by atoms with Gasteiger partial charge in [0, 0.05) is 11.1 Å². The molecule has 2 heterocycles. The van der Waals surface area contributed by atoms with Gasteiger partial charge in [0.15, 0.2) is 0 Å². The number of benzene rings is 1. The molecule has 0 aliphatic carbocycles. The van der Waals surface area contributed by atoms with E-state index in [0.29, 0.717) is 5.89 Å². The minimum atomic E-state index is 0.0467. The lowest BCUT2D eigenvalue weighted by atomic mass is 9.87. The van der Waals surface area contributed by atoms with E-state index in [1.165, 1.54) is 12.0 Å². The van der Waals surface area contributed by atoms with Crippen LogP contribution in [0.15, 0.2) is 41.1 Å². The Bertz CT molecular complexity index is 499. The van der Waals surface area contributed by atoms with Gasteiger partial charge in [0.1, 0.15) is 6.26 Å². The molecule has 0 amide bonds. The lowest BCUT2D eigenvalue weighted by Crippen LogP contribution is -2.33. The van der Waals surface area contributed by atoms with Crippen molar-refractivity contribution in [3.63, 3.8) is 0 Å². The van der Waals surface area contributed by atoms with E-state index in [-0.39, 0.29) is 5.54 Å². The highest BCUT2D eigenvalue weighted by Gasteiger charge is 2.32. The molecule has 3 heteroatoms. The first-order valence-corrected chi connectivity index (χ1v) is 6.04. The van der Waals surface area contributed by atoms with Crippen LogP contribution in [0.5, 0.6) is 0 Å². The number of hydrogen-bond donors (Lipinski definition) is 1. The van der Waals surface area contributed by atoms with E-state index in [1.807, 2.05) is 6.07 Å². The third kappa shape index (κ3) is 1.76. The van der Waals surface area contributed by atoms with E-state index >= 15 is 0 Å². The van der Waals surface area contributed by atoms with E-state index in [9.17, 15) is 0 Å². The standard InChI is InChI=1S/C14H16N2O/c1-14(7-4-8-16-14)12-6-3-2-5-11(12)13-15-9-10-17-13/h2-3,5-6,9-10,16H,4,7-8H2,1H3. The first-order valence-electron chi connectivity index (χ1n) is 6.04. The Kier molecular flexibility index (Phi) is 2.48. The third-order valence-electron chi connectivity index (χ3n) is 3.55. The number of rotatable bonds is 2. The third-order valence-corrected chi connectivity index (χ3v) is 3.55. The van der Waals surface area contributed by atoms with Crippen LogP contribution < -0.4 is 5.32 Å². The number of nitrogens with one attached hydrogen (secondary N) is 1. The van der Waals surface area contributed by atoms with Crippen LogP contribution in [-0.2, 0) is 5.54 Å². The van der Waals surface area contributed by atoms with Crippen LogP contribution >= 0.6 is 0 Å². The fourth-order valence-electron chi connectivity index (χ4n) is 2.63. The predicted octanol–water partition coefficient (Wildman–Crippen LogP) is 2.94. The molecule has 3 rings (SSSR count). The molecule has 1 fully saturated rings. The number of nitrogens with zero attached hydrogens (tertiary/aromatic N) is 1. The highest BCUT2D eigenvalue weighted by Crippen LogP contribution is 2.36. The van der Waals surface area contributed by atoms with Crippen LogP contribution in [-0.4, -0.2) is 11.5 Å². The molecule has 1 unspecified atom stereocenters. The number of hydrogen-bond acceptors (Lipinski definition) is 3. The number of oxazole rings is 1. The molecule has 88 valence electrons. The highest BCUT2D eigenvalue weighted by atomic mass is 16.3. The SMILES string of the molecule is CC1(c2ccccc2-c2ncco2)CCCN1. The summed E-state index contributed by atoms with van der Waals surface area (Å²) in [5.41, 5.74) is 2.42. The molecule has 1 N–H and O–H groups in total. The molecule has 0 saturated carbocycles. The van der Waals surface area contributed by atoms with Gasteiger partial charge in [0.2, 0.25) is 5.89 Å². The van der Waals surface area contributed by atoms with Crippen molar-refractivity contribution in [1.29, 1.82) is 0 Å². The van der Waals surface area contributed by atoms with Crippen LogP contribution in [0.1, 0.15) is 25.3 Å². The van der Waals surface area contributed by atoms with Crippen LogP contribution in [0.2, 0.25) is 0 Å². The molecular weight excluding hydrogens is 212 g/mol. The van der Waals surface area contributed by atoms with Crippen molar-refractivity contribution in [2.45, 2.75) is 25.3 Å². The maximum atomic E-state index is 5.43. The van der Waals surface area contributed by atoms with Crippen LogP contribution in [0.25, 0.3) is 11.5 Å². The van der Waals surface area contributed by atoms with Crippen molar-refractivity contribution in [3.05, 3.63) is 42.3 Å². The summed E-state index contributed by atoms with van der Waals surface area (Å²) in [6.07, 6.45) is 5.69. The fraction of sp³-hybridized carbons (Fsp3) is 0.357. The second-order valence-corrected chi connectivity index (χ2v) is 4.75. The van der Waals surface area contributed by atoms with E-state index in [0.717, 1.165) is 18.5 Å². The predicted molar refractivity (Wildman–Crippen MR) is 66.5 cm³/mol. The molecule has 1 saturated heterocycles. The summed E-state index contributed by atoms with van der Waals surface area (Å²) in [7, 11) is 0. The van der Waals surface area contributed by atoms with Crippen molar-refractivity contribution in [1.82, 2.24) is 10.3 Å². The molecule has 1 aromatic carbocycles. The molecule has 1 aliphatic heterocycles. The monoisotopic (exact) mass is 228 g/mol. The molecule has 2 aromatic rings. The van der Waals surface area contributed by atoms with Crippen molar-refractivity contribution >= 4 is 0 Å². The molecular formula is C14H16N2O. The smallest absolute Gasteiger partial charge is 0.226 e. The molecule has 17 heavy (non-hydrogen) atoms. The Morgan fingerprint density at radius 3 is 2.94 bits per heavy atom. The summed E-state index contributed by atoms with van der Waals surface area (Å²) < 4.78 is 5.43. The average molecular weight is 228 g/mol. The minimum Gasteiger partial charge on any atom is -0.445 e. The van der Waals surface area contributed by atoms with E-state index in [4.69, 9.17) is 4.42 Å². The zero-order chi connectivity index (χ0) is 11.7. The normalized spacial score (nSPS) is 24.1. The Labute approximate surface area is 101 Å². The molecule has 1 aromatic heterocycles. The molecule has 0 bridgehead atoms. The zero-order valence-electron chi connectivity index (χ0n) is 9.94. The highest BCUT2D eigenvalue weighted by molar-refractivity contribution is 5.60. The van der Waals surface area contributed by atoms with E-state index in [1.54, 1.807) is 12.5 Å². The van der Waals surface area contributed by atoms with Gasteiger partial charge < -0.3 is 9.73 Å². The Hall–Kier alpha value is -1.61. The lowest BCUT2D eigenvalue weighted by molar-refractivity contribution is 0.434. The summed E-state index contributed by atoms with van der Waals surface area (Å²) in [5.74, 6) is 0.704. The molecule has 0 radical (unpaired) electrons. The summed E-state index contributed by atoms with van der Waals surface area (Å²) >= 11 is 0. The maximum absolute atomic E-state index is 5.43. The van der Waals surface area contributed by atoms with Crippen LogP contribution in [0, 0.1) is 0 Å². The van der Waals surface area contributed by atoms with Crippen LogP contribution in [0.4, 0.5) is 0 Å². The van der Waals surface area contributed by atoms with Gasteiger partial charge in [0.25, 0.3) is 0 Å². The largest absolute Gasteiger partial charge is 0.445 e. The Morgan fingerprint density at radius 2 is 2.24 bits per heavy atom. The summed E-state index contributed by atoms with van der Waals surface area (Å²) in [5, 5.41) is 3.58. The fourth-order valence-corrected chi connectivity index (χ4v) is 2.63. The van der Waals surface area contributed by atoms with Crippen LogP contribution in [0.3, 0.4) is 0 Å². The van der Waals surface area contributed by atoms with Crippen molar-refractivity contribution in [3.8, 4) is 11.5 Å². The average Bonchev–Trinajstić information content (AvgIpc) is 3.00. The van der Waals surface area contributed by atoms with Gasteiger partial charge in [-0.3, -0.25) is 0 Å². The summed E-state index contributed by atoms with van der Waals surface area (Å²) in [4.78, 5) is 4.26. The van der Waals surface area contributed by atoms with Crippen molar-refractivity contribution < 1.29 is 4.42 Å². The maximum Gasteiger partial charge on any atom is 0.226 e. The molecule has 1 aliphatic rings. The first-order chi connectivity index (χ1) is 8.30. The molecule has 1 atom stereocenters. The van der Waals surface area contributed by atoms with Gasteiger partial charge in [-0.05, 0) is 37.9 Å². The Morgan fingerprint density at radius 1 is 1.35 bits per heavy atom. The molecule has 3 nitrogen and oxygen atoms in total. The summed E-state index contributed by atoms with van der Waals surface area (Å²) in [6, 6.07) is 8.35. The van der Waals surface area contributed by atoms with E-state index in [2.05, 4.69) is 35.4 Å². The lowest BCUT2D eigenvalue weighted by Gasteiger charge is -2.26. The Balaban J connectivity index is 2.11. The number of aromatic nitrogens is 1. The van der Waals surface area contributed by atoms with Gasteiger partial charge in [-0.2, -0.15) is 0 Å². The summed E-state index contributed by atoms with van der Waals surface area (Å²) in [6.45, 7) is 3.33. The zero-order valence-corrected chi connectivity index (χ0v) is 9.94. The van der Waals surface area contributed by atoms with Gasteiger partial charge in [-0.25, -0.2) is 4.98 Å². The van der Waals surface area contributed by atoms with Crippen molar-refractivity contribution in [2.24, 2.45) is 0 Å². The minimum absolute atomic E-state index is 0.0467. The van der Waals surface area contributed by atoms with Gasteiger partial charge >= 0.3 is 0 Å². The first kappa shape index (κ1) is 10.5. The second-order valence-electron chi connectivity index (χ2n) is 4.75.